The number of nitrogens with zero attached hydrogens (tertiary/aromatic N) is 2. The number of halogens is 1. The van der Waals surface area contributed by atoms with Crippen LogP contribution in [0.15, 0.2) is 22.8 Å². The maximum Gasteiger partial charge on any atom is 0.142 e. The molecule has 0 aliphatic carbocycles. The van der Waals surface area contributed by atoms with Crippen molar-refractivity contribution in [3.63, 3.8) is 0 Å². The molecule has 0 radical (unpaired) electrons. The van der Waals surface area contributed by atoms with Gasteiger partial charge in [-0.05, 0) is 46.3 Å². The van der Waals surface area contributed by atoms with E-state index in [9.17, 15) is 0 Å². The van der Waals surface area contributed by atoms with Crippen LogP contribution in [0, 0.1) is 11.8 Å². The van der Waals surface area contributed by atoms with Gasteiger partial charge in [0.05, 0.1) is 4.47 Å². The van der Waals surface area contributed by atoms with E-state index in [0.717, 1.165) is 35.2 Å². The average molecular weight is 269 g/mol. The standard InChI is InChI=1S/C12H17BrN2/c1-9(2)10-5-7-15(8-10)12-11(13)4-3-6-14-12/h3-4,6,9-10H,5,7-8H2,1-2H3. The Morgan fingerprint density at radius 2 is 2.33 bits per heavy atom. The fraction of sp³-hybridized carbons (Fsp3) is 0.583. The largest absolute Gasteiger partial charge is 0.355 e. The fourth-order valence-corrected chi connectivity index (χ4v) is 2.64. The molecule has 1 aliphatic rings. The molecule has 15 heavy (non-hydrogen) atoms. The molecule has 0 aromatic carbocycles. The normalized spacial score (nSPS) is 21.3. The maximum atomic E-state index is 4.43. The number of pyridine rings is 1. The van der Waals surface area contributed by atoms with Crippen LogP contribution in [0.5, 0.6) is 0 Å². The van der Waals surface area contributed by atoms with Gasteiger partial charge in [0.25, 0.3) is 0 Å². The first-order valence-electron chi connectivity index (χ1n) is 5.54. The van der Waals surface area contributed by atoms with Crippen LogP contribution in [-0.4, -0.2) is 18.1 Å². The molecule has 1 fully saturated rings. The van der Waals surface area contributed by atoms with Crippen LogP contribution in [0.4, 0.5) is 5.82 Å². The summed E-state index contributed by atoms with van der Waals surface area (Å²) in [4.78, 5) is 6.82. The number of hydrogen-bond donors (Lipinski definition) is 0. The molecule has 0 spiro atoms. The first kappa shape index (κ1) is 10.9. The van der Waals surface area contributed by atoms with Gasteiger partial charge in [0.2, 0.25) is 0 Å². The molecule has 1 saturated heterocycles. The lowest BCUT2D eigenvalue weighted by Crippen LogP contribution is -2.22. The first-order chi connectivity index (χ1) is 7.18. The van der Waals surface area contributed by atoms with Crippen LogP contribution in [0.1, 0.15) is 20.3 Å². The molecule has 1 atom stereocenters. The maximum absolute atomic E-state index is 4.43. The molecule has 0 N–H and O–H groups in total. The molecule has 2 rings (SSSR count). The number of hydrogen-bond acceptors (Lipinski definition) is 2. The average Bonchev–Trinajstić information content (AvgIpc) is 2.67. The Morgan fingerprint density at radius 3 is 2.93 bits per heavy atom. The summed E-state index contributed by atoms with van der Waals surface area (Å²) < 4.78 is 1.11. The van der Waals surface area contributed by atoms with E-state index in [1.54, 1.807) is 0 Å². The molecular weight excluding hydrogens is 252 g/mol. The summed E-state index contributed by atoms with van der Waals surface area (Å²) in [7, 11) is 0. The molecule has 0 amide bonds. The molecule has 3 heteroatoms. The summed E-state index contributed by atoms with van der Waals surface area (Å²) >= 11 is 3.56. The highest BCUT2D eigenvalue weighted by Gasteiger charge is 2.26. The smallest absolute Gasteiger partial charge is 0.142 e. The SMILES string of the molecule is CC(C)C1CCN(c2ncccc2Br)C1. The highest BCUT2D eigenvalue weighted by atomic mass is 79.9. The van der Waals surface area contributed by atoms with Crippen LogP contribution >= 0.6 is 15.9 Å². The first-order valence-corrected chi connectivity index (χ1v) is 6.33. The Morgan fingerprint density at radius 1 is 1.53 bits per heavy atom. The van der Waals surface area contributed by atoms with Gasteiger partial charge in [-0.3, -0.25) is 0 Å². The zero-order valence-electron chi connectivity index (χ0n) is 9.28. The van der Waals surface area contributed by atoms with E-state index in [1.807, 2.05) is 12.3 Å². The van der Waals surface area contributed by atoms with Gasteiger partial charge in [0.15, 0.2) is 0 Å². The Balaban J connectivity index is 2.11. The van der Waals surface area contributed by atoms with Gasteiger partial charge < -0.3 is 4.90 Å². The van der Waals surface area contributed by atoms with Crippen LogP contribution in [-0.2, 0) is 0 Å². The topological polar surface area (TPSA) is 16.1 Å². The van der Waals surface area contributed by atoms with E-state index < -0.39 is 0 Å². The molecule has 0 bridgehead atoms. The van der Waals surface area contributed by atoms with Crippen molar-refractivity contribution in [1.82, 2.24) is 4.98 Å². The lowest BCUT2D eigenvalue weighted by Gasteiger charge is -2.19. The zero-order chi connectivity index (χ0) is 10.8. The van der Waals surface area contributed by atoms with Gasteiger partial charge in [0.1, 0.15) is 5.82 Å². The lowest BCUT2D eigenvalue weighted by molar-refractivity contribution is 0.422. The van der Waals surface area contributed by atoms with E-state index in [-0.39, 0.29) is 0 Å². The minimum atomic E-state index is 0.775. The van der Waals surface area contributed by atoms with Crippen molar-refractivity contribution in [2.75, 3.05) is 18.0 Å². The predicted molar refractivity (Wildman–Crippen MR) is 67.1 cm³/mol. The summed E-state index contributed by atoms with van der Waals surface area (Å²) in [6, 6.07) is 4.02. The molecule has 0 saturated carbocycles. The van der Waals surface area contributed by atoms with E-state index in [0.29, 0.717) is 0 Å². The third-order valence-electron chi connectivity index (χ3n) is 3.21. The minimum Gasteiger partial charge on any atom is -0.355 e. The van der Waals surface area contributed by atoms with Gasteiger partial charge in [-0.15, -0.1) is 0 Å². The van der Waals surface area contributed by atoms with Crippen molar-refractivity contribution >= 4 is 21.7 Å². The van der Waals surface area contributed by atoms with Crippen LogP contribution in [0.2, 0.25) is 0 Å². The van der Waals surface area contributed by atoms with Crippen molar-refractivity contribution in [2.24, 2.45) is 11.8 Å². The molecule has 2 heterocycles. The number of rotatable bonds is 2. The van der Waals surface area contributed by atoms with E-state index in [1.165, 1.54) is 6.42 Å². The van der Waals surface area contributed by atoms with Crippen molar-refractivity contribution in [2.45, 2.75) is 20.3 Å². The quantitative estimate of drug-likeness (QED) is 0.818. The Bertz CT molecular complexity index is 338. The lowest BCUT2D eigenvalue weighted by atomic mass is 9.95. The van der Waals surface area contributed by atoms with Crippen molar-refractivity contribution < 1.29 is 0 Å². The number of aromatic nitrogens is 1. The Labute approximate surface area is 99.8 Å². The fourth-order valence-electron chi connectivity index (χ4n) is 2.13. The Hall–Kier alpha value is -0.570. The van der Waals surface area contributed by atoms with Gasteiger partial charge in [-0.1, -0.05) is 13.8 Å². The second-order valence-corrected chi connectivity index (χ2v) is 5.40. The summed E-state index contributed by atoms with van der Waals surface area (Å²) in [5, 5.41) is 0. The van der Waals surface area contributed by atoms with Crippen molar-refractivity contribution in [3.05, 3.63) is 22.8 Å². The van der Waals surface area contributed by atoms with Gasteiger partial charge >= 0.3 is 0 Å². The molecule has 1 aromatic rings. The molecule has 1 aliphatic heterocycles. The molecular formula is C12H17BrN2. The van der Waals surface area contributed by atoms with Gasteiger partial charge in [-0.25, -0.2) is 4.98 Å². The third kappa shape index (κ3) is 2.33. The van der Waals surface area contributed by atoms with Crippen LogP contribution in [0.3, 0.4) is 0 Å². The molecule has 82 valence electrons. The van der Waals surface area contributed by atoms with Crippen LogP contribution < -0.4 is 4.90 Å². The van der Waals surface area contributed by atoms with Gasteiger partial charge in [-0.2, -0.15) is 0 Å². The third-order valence-corrected chi connectivity index (χ3v) is 3.83. The zero-order valence-corrected chi connectivity index (χ0v) is 10.9. The highest BCUT2D eigenvalue weighted by molar-refractivity contribution is 9.10. The van der Waals surface area contributed by atoms with Crippen molar-refractivity contribution in [3.8, 4) is 0 Å². The molecule has 1 aromatic heterocycles. The summed E-state index contributed by atoms with van der Waals surface area (Å²) in [6.45, 7) is 6.90. The summed E-state index contributed by atoms with van der Waals surface area (Å²) in [6.07, 6.45) is 3.16. The monoisotopic (exact) mass is 268 g/mol. The van der Waals surface area contributed by atoms with Crippen molar-refractivity contribution in [1.29, 1.82) is 0 Å². The van der Waals surface area contributed by atoms with Gasteiger partial charge in [0, 0.05) is 19.3 Å². The predicted octanol–water partition coefficient (Wildman–Crippen LogP) is 3.33. The second kappa shape index (κ2) is 4.52. The Kier molecular flexibility index (Phi) is 3.29. The van der Waals surface area contributed by atoms with E-state index in [2.05, 4.69) is 45.7 Å². The summed E-state index contributed by atoms with van der Waals surface area (Å²) in [5.41, 5.74) is 0. The highest BCUT2D eigenvalue weighted by Crippen LogP contribution is 2.30. The van der Waals surface area contributed by atoms with Crippen LogP contribution in [0.25, 0.3) is 0 Å². The molecule has 2 nitrogen and oxygen atoms in total. The van der Waals surface area contributed by atoms with E-state index >= 15 is 0 Å². The van der Waals surface area contributed by atoms with E-state index in [4.69, 9.17) is 0 Å². The number of anilines is 1. The minimum absolute atomic E-state index is 0.775. The summed E-state index contributed by atoms with van der Waals surface area (Å²) in [5.74, 6) is 2.69. The molecule has 1 unspecified atom stereocenters. The second-order valence-electron chi connectivity index (χ2n) is 4.55.